The number of oxime groups is 1. The van der Waals surface area contributed by atoms with Crippen LogP contribution in [0.2, 0.25) is 5.02 Å². The Kier molecular flexibility index (Phi) is 4.65. The lowest BCUT2D eigenvalue weighted by Crippen LogP contribution is -2.13. The lowest BCUT2D eigenvalue weighted by atomic mass is 10.1. The Bertz CT molecular complexity index is 689. The van der Waals surface area contributed by atoms with Crippen LogP contribution in [0.5, 0.6) is 0 Å². The molecule has 0 unspecified atom stereocenters. The summed E-state index contributed by atoms with van der Waals surface area (Å²) in [5.41, 5.74) is 8.07. The molecule has 4 N–H and O–H groups in total. The third kappa shape index (κ3) is 3.64. The van der Waals surface area contributed by atoms with Crippen molar-refractivity contribution in [3.63, 3.8) is 0 Å². The van der Waals surface area contributed by atoms with Gasteiger partial charge in [0.2, 0.25) is 0 Å². The fourth-order valence-corrected chi connectivity index (χ4v) is 2.11. The van der Waals surface area contributed by atoms with Crippen molar-refractivity contribution in [2.45, 2.75) is 13.5 Å². The second-order valence-corrected chi connectivity index (χ2v) is 5.04. The average Bonchev–Trinajstić information content (AvgIpc) is 2.46. The van der Waals surface area contributed by atoms with Crippen molar-refractivity contribution in [2.24, 2.45) is 10.9 Å². The Morgan fingerprint density at radius 1 is 1.33 bits per heavy atom. The fourth-order valence-electron chi connectivity index (χ4n) is 1.86. The van der Waals surface area contributed by atoms with Crippen LogP contribution in [0.1, 0.15) is 16.7 Å². The minimum absolute atomic E-state index is 0.0130. The van der Waals surface area contributed by atoms with Gasteiger partial charge >= 0.3 is 0 Å². The molecule has 110 valence electrons. The molecule has 0 amide bonds. The standard InChI is InChI=1S/C15H15ClFN3O/c1-9-2-5-14(13(17)6-9)19-8-11-4-3-10(7-12(11)16)15(18)20-21/h2-7,19,21H,8H2,1H3,(H2,18,20). The molecular formula is C15H15ClFN3O. The average molecular weight is 308 g/mol. The largest absolute Gasteiger partial charge is 0.409 e. The van der Waals surface area contributed by atoms with Gasteiger partial charge in [-0.15, -0.1) is 0 Å². The van der Waals surface area contributed by atoms with Gasteiger partial charge in [-0.25, -0.2) is 4.39 Å². The molecule has 0 fully saturated rings. The predicted octanol–water partition coefficient (Wildman–Crippen LogP) is 3.49. The number of aryl methyl sites for hydroxylation is 1. The van der Waals surface area contributed by atoms with E-state index in [1.165, 1.54) is 6.07 Å². The predicted molar refractivity (Wildman–Crippen MR) is 82.4 cm³/mol. The van der Waals surface area contributed by atoms with Gasteiger partial charge in [0.1, 0.15) is 5.82 Å². The number of nitrogens with two attached hydrogens (primary N) is 1. The third-order valence-electron chi connectivity index (χ3n) is 3.05. The van der Waals surface area contributed by atoms with Gasteiger partial charge in [0.25, 0.3) is 0 Å². The first-order chi connectivity index (χ1) is 10.0. The van der Waals surface area contributed by atoms with Crippen LogP contribution in [0.25, 0.3) is 0 Å². The van der Waals surface area contributed by atoms with Gasteiger partial charge in [-0.05, 0) is 36.2 Å². The zero-order chi connectivity index (χ0) is 15.4. The van der Waals surface area contributed by atoms with Crippen LogP contribution in [-0.4, -0.2) is 11.0 Å². The van der Waals surface area contributed by atoms with E-state index >= 15 is 0 Å². The number of anilines is 1. The maximum Gasteiger partial charge on any atom is 0.170 e. The number of nitrogens with zero attached hydrogens (tertiary/aromatic N) is 1. The molecule has 2 rings (SSSR count). The van der Waals surface area contributed by atoms with Gasteiger partial charge in [-0.2, -0.15) is 0 Å². The van der Waals surface area contributed by atoms with Crippen LogP contribution in [0.15, 0.2) is 41.6 Å². The van der Waals surface area contributed by atoms with Gasteiger partial charge in [0.05, 0.1) is 5.69 Å². The van der Waals surface area contributed by atoms with Gasteiger partial charge < -0.3 is 16.3 Å². The third-order valence-corrected chi connectivity index (χ3v) is 3.40. The highest BCUT2D eigenvalue weighted by molar-refractivity contribution is 6.31. The Hall–Kier alpha value is -2.27. The second-order valence-electron chi connectivity index (χ2n) is 4.63. The van der Waals surface area contributed by atoms with Crippen LogP contribution in [0.4, 0.5) is 10.1 Å². The molecule has 0 saturated carbocycles. The number of hydrogen-bond acceptors (Lipinski definition) is 3. The van der Waals surface area contributed by atoms with Crippen molar-refractivity contribution in [1.82, 2.24) is 0 Å². The molecule has 0 heterocycles. The van der Waals surface area contributed by atoms with Gasteiger partial charge in [-0.1, -0.05) is 35.0 Å². The Morgan fingerprint density at radius 2 is 2.10 bits per heavy atom. The van der Waals surface area contributed by atoms with E-state index in [9.17, 15) is 4.39 Å². The minimum Gasteiger partial charge on any atom is -0.409 e. The highest BCUT2D eigenvalue weighted by Gasteiger charge is 2.07. The maximum atomic E-state index is 13.7. The summed E-state index contributed by atoms with van der Waals surface area (Å²) in [5, 5.41) is 15.0. The molecule has 0 aliphatic heterocycles. The summed E-state index contributed by atoms with van der Waals surface area (Å²) in [4.78, 5) is 0. The first-order valence-corrected chi connectivity index (χ1v) is 6.65. The molecule has 2 aromatic rings. The lowest BCUT2D eigenvalue weighted by molar-refractivity contribution is 0.318. The Balaban J connectivity index is 2.13. The molecule has 0 saturated heterocycles. The number of rotatable bonds is 4. The molecule has 4 nitrogen and oxygen atoms in total. The molecular weight excluding hydrogens is 293 g/mol. The van der Waals surface area contributed by atoms with Gasteiger partial charge in [-0.3, -0.25) is 0 Å². The molecule has 0 bridgehead atoms. The number of hydrogen-bond donors (Lipinski definition) is 3. The van der Waals surface area contributed by atoms with E-state index in [4.69, 9.17) is 22.5 Å². The number of amidine groups is 1. The zero-order valence-electron chi connectivity index (χ0n) is 11.4. The Morgan fingerprint density at radius 3 is 2.71 bits per heavy atom. The second kappa shape index (κ2) is 6.45. The van der Waals surface area contributed by atoms with E-state index in [1.54, 1.807) is 24.3 Å². The molecule has 21 heavy (non-hydrogen) atoms. The van der Waals surface area contributed by atoms with Crippen LogP contribution in [0, 0.1) is 12.7 Å². The quantitative estimate of drug-likeness (QED) is 0.350. The first kappa shape index (κ1) is 15.1. The van der Waals surface area contributed by atoms with Crippen molar-refractivity contribution in [3.8, 4) is 0 Å². The topological polar surface area (TPSA) is 70.6 Å². The summed E-state index contributed by atoms with van der Waals surface area (Å²) in [6.07, 6.45) is 0. The minimum atomic E-state index is -0.306. The normalized spacial score (nSPS) is 11.5. The number of nitrogens with one attached hydrogen (secondary N) is 1. The van der Waals surface area contributed by atoms with Gasteiger partial charge in [0, 0.05) is 17.1 Å². The van der Waals surface area contributed by atoms with E-state index < -0.39 is 0 Å². The smallest absolute Gasteiger partial charge is 0.170 e. The molecule has 0 aliphatic rings. The van der Waals surface area contributed by atoms with E-state index in [0.717, 1.165) is 11.1 Å². The van der Waals surface area contributed by atoms with Crippen molar-refractivity contribution < 1.29 is 9.60 Å². The summed E-state index contributed by atoms with van der Waals surface area (Å²) in [5.74, 6) is -0.319. The summed E-state index contributed by atoms with van der Waals surface area (Å²) >= 11 is 6.14. The van der Waals surface area contributed by atoms with Crippen molar-refractivity contribution in [2.75, 3.05) is 5.32 Å². The van der Waals surface area contributed by atoms with Crippen LogP contribution in [0.3, 0.4) is 0 Å². The maximum absolute atomic E-state index is 13.7. The highest BCUT2D eigenvalue weighted by atomic mass is 35.5. The number of halogens is 2. The van der Waals surface area contributed by atoms with Crippen LogP contribution < -0.4 is 11.1 Å². The molecule has 0 aromatic heterocycles. The Labute approximate surface area is 127 Å². The molecule has 2 aromatic carbocycles. The molecule has 0 radical (unpaired) electrons. The monoisotopic (exact) mass is 307 g/mol. The van der Waals surface area contributed by atoms with Gasteiger partial charge in [0.15, 0.2) is 5.84 Å². The van der Waals surface area contributed by atoms with Crippen LogP contribution in [-0.2, 0) is 6.54 Å². The summed E-state index contributed by atoms with van der Waals surface area (Å²) < 4.78 is 13.7. The highest BCUT2D eigenvalue weighted by Crippen LogP contribution is 2.21. The van der Waals surface area contributed by atoms with Crippen LogP contribution >= 0.6 is 11.6 Å². The molecule has 0 spiro atoms. The molecule has 6 heteroatoms. The first-order valence-electron chi connectivity index (χ1n) is 6.27. The number of benzene rings is 2. The van der Waals surface area contributed by atoms with E-state index in [1.807, 2.05) is 13.0 Å². The zero-order valence-corrected chi connectivity index (χ0v) is 12.2. The molecule has 0 atom stereocenters. The summed E-state index contributed by atoms with van der Waals surface area (Å²) in [6.45, 7) is 2.20. The van der Waals surface area contributed by atoms with Crippen molar-refractivity contribution in [1.29, 1.82) is 0 Å². The SMILES string of the molecule is Cc1ccc(NCc2ccc(/C(N)=N/O)cc2Cl)c(F)c1. The lowest BCUT2D eigenvalue weighted by Gasteiger charge is -2.10. The van der Waals surface area contributed by atoms with Crippen molar-refractivity contribution in [3.05, 3.63) is 63.9 Å². The fraction of sp³-hybridized carbons (Fsp3) is 0.133. The summed E-state index contributed by atoms with van der Waals surface area (Å²) in [7, 11) is 0. The van der Waals surface area contributed by atoms with E-state index in [2.05, 4.69) is 10.5 Å². The van der Waals surface area contributed by atoms with E-state index in [0.29, 0.717) is 22.8 Å². The summed E-state index contributed by atoms with van der Waals surface area (Å²) in [6, 6.07) is 10.0. The van der Waals surface area contributed by atoms with Crippen molar-refractivity contribution >= 4 is 23.1 Å². The van der Waals surface area contributed by atoms with E-state index in [-0.39, 0.29) is 11.7 Å². The molecule has 0 aliphatic carbocycles.